The van der Waals surface area contributed by atoms with E-state index in [0.717, 1.165) is 32.2 Å². The number of halogens is 1. The number of aryl methyl sites for hydroxylation is 1. The van der Waals surface area contributed by atoms with Gasteiger partial charge in [-0.2, -0.15) is 0 Å². The third kappa shape index (κ3) is 2.59. The molecule has 0 radical (unpaired) electrons. The Bertz CT molecular complexity index is 1130. The summed E-state index contributed by atoms with van der Waals surface area (Å²) < 4.78 is 23.3. The third-order valence-electron chi connectivity index (χ3n) is 7.16. The Kier molecular flexibility index (Phi) is 4.16. The number of fused-ring (bicyclic) bond motifs is 1. The molecule has 1 saturated heterocycles. The first-order chi connectivity index (χ1) is 14.3. The lowest BCUT2D eigenvalue weighted by Crippen LogP contribution is -2.34. The first-order valence-electron chi connectivity index (χ1n) is 10.4. The van der Waals surface area contributed by atoms with Gasteiger partial charge in [0.2, 0.25) is 5.43 Å². The second kappa shape index (κ2) is 6.44. The summed E-state index contributed by atoms with van der Waals surface area (Å²) in [6.07, 6.45) is 5.40. The second-order valence-corrected chi connectivity index (χ2v) is 8.94. The molecule has 3 fully saturated rings. The maximum atomic E-state index is 15.8. The van der Waals surface area contributed by atoms with Gasteiger partial charge in [0.15, 0.2) is 11.6 Å². The first-order valence-corrected chi connectivity index (χ1v) is 10.4. The van der Waals surface area contributed by atoms with E-state index >= 15 is 4.39 Å². The molecule has 1 aromatic carbocycles. The summed E-state index contributed by atoms with van der Waals surface area (Å²) in [6.45, 7) is 2.95. The number of rotatable bonds is 5. The van der Waals surface area contributed by atoms with Crippen molar-refractivity contribution in [3.8, 4) is 5.75 Å². The number of benzene rings is 1. The van der Waals surface area contributed by atoms with Crippen molar-refractivity contribution in [2.45, 2.75) is 44.7 Å². The molecular formula is C22H26FN3O4. The SMILES string of the molecule is CN[C@H]1CN(c2c(F)c(C)c3c(=O)c(C(=O)O)cn(C4CC4)c3c2OC)CC12CC2. The molecule has 1 aliphatic heterocycles. The van der Waals surface area contributed by atoms with Gasteiger partial charge in [0.25, 0.3) is 0 Å². The van der Waals surface area contributed by atoms with Crippen LogP contribution in [0, 0.1) is 18.2 Å². The van der Waals surface area contributed by atoms with Crippen molar-refractivity contribution in [1.82, 2.24) is 9.88 Å². The van der Waals surface area contributed by atoms with Crippen LogP contribution in [0.2, 0.25) is 0 Å². The number of hydrogen-bond acceptors (Lipinski definition) is 5. The number of anilines is 1. The average Bonchev–Trinajstić information content (AvgIpc) is 3.62. The molecule has 0 amide bonds. The van der Waals surface area contributed by atoms with Gasteiger partial charge in [-0.25, -0.2) is 9.18 Å². The van der Waals surface area contributed by atoms with Gasteiger partial charge in [0, 0.05) is 42.3 Å². The number of hydrogen-bond donors (Lipinski definition) is 2. The molecule has 8 heteroatoms. The number of pyridine rings is 1. The Balaban J connectivity index is 1.81. The summed E-state index contributed by atoms with van der Waals surface area (Å²) in [7, 11) is 3.42. The molecule has 160 valence electrons. The fourth-order valence-electron chi connectivity index (χ4n) is 5.18. The highest BCUT2D eigenvalue weighted by Crippen LogP contribution is 2.55. The lowest BCUT2D eigenvalue weighted by molar-refractivity contribution is 0.0695. The summed E-state index contributed by atoms with van der Waals surface area (Å²) in [5.41, 5.74) is 0.230. The number of likely N-dealkylation sites (N-methyl/N-ethyl adjacent to an activating group) is 1. The number of carboxylic acid groups (broad SMARTS) is 1. The van der Waals surface area contributed by atoms with E-state index in [0.29, 0.717) is 23.5 Å². The molecule has 2 N–H and O–H groups in total. The second-order valence-electron chi connectivity index (χ2n) is 8.94. The predicted octanol–water partition coefficient (Wildman–Crippen LogP) is 2.68. The predicted molar refractivity (Wildman–Crippen MR) is 111 cm³/mol. The molecule has 2 aromatic rings. The Labute approximate surface area is 173 Å². The average molecular weight is 415 g/mol. The van der Waals surface area contributed by atoms with Crippen LogP contribution in [0.25, 0.3) is 10.9 Å². The number of carbonyl (C=O) groups is 1. The lowest BCUT2D eigenvalue weighted by Gasteiger charge is -2.26. The molecule has 5 rings (SSSR count). The minimum atomic E-state index is -1.30. The van der Waals surface area contributed by atoms with Crippen molar-refractivity contribution in [2.75, 3.05) is 32.1 Å². The van der Waals surface area contributed by atoms with Crippen molar-refractivity contribution < 1.29 is 19.0 Å². The van der Waals surface area contributed by atoms with Crippen molar-refractivity contribution in [1.29, 1.82) is 0 Å². The fraction of sp³-hybridized carbons (Fsp3) is 0.545. The van der Waals surface area contributed by atoms with Crippen LogP contribution in [0.5, 0.6) is 5.75 Å². The van der Waals surface area contributed by atoms with E-state index in [1.807, 2.05) is 16.5 Å². The van der Waals surface area contributed by atoms with Crippen molar-refractivity contribution >= 4 is 22.6 Å². The molecule has 1 aromatic heterocycles. The van der Waals surface area contributed by atoms with Gasteiger partial charge in [0.05, 0.1) is 18.0 Å². The largest absolute Gasteiger partial charge is 0.492 e. The van der Waals surface area contributed by atoms with Crippen LogP contribution >= 0.6 is 0 Å². The van der Waals surface area contributed by atoms with Gasteiger partial charge in [-0.05, 0) is 39.7 Å². The number of nitrogens with one attached hydrogen (secondary N) is 1. The zero-order valence-electron chi connectivity index (χ0n) is 17.4. The molecule has 30 heavy (non-hydrogen) atoms. The maximum absolute atomic E-state index is 15.8. The monoisotopic (exact) mass is 415 g/mol. The number of aromatic nitrogens is 1. The van der Waals surface area contributed by atoms with Crippen molar-refractivity contribution in [2.24, 2.45) is 5.41 Å². The number of nitrogens with zero attached hydrogens (tertiary/aromatic N) is 2. The van der Waals surface area contributed by atoms with E-state index in [9.17, 15) is 14.7 Å². The highest BCUT2D eigenvalue weighted by atomic mass is 19.1. The molecule has 0 bridgehead atoms. The smallest absolute Gasteiger partial charge is 0.341 e. The summed E-state index contributed by atoms with van der Waals surface area (Å²) in [6, 6.07) is 0.369. The number of aromatic carboxylic acids is 1. The Morgan fingerprint density at radius 1 is 1.37 bits per heavy atom. The van der Waals surface area contributed by atoms with Crippen LogP contribution < -0.4 is 20.4 Å². The van der Waals surface area contributed by atoms with Gasteiger partial charge in [-0.15, -0.1) is 0 Å². The Hall–Kier alpha value is -2.61. The van der Waals surface area contributed by atoms with Gasteiger partial charge >= 0.3 is 5.97 Å². The van der Waals surface area contributed by atoms with E-state index in [4.69, 9.17) is 4.74 Å². The van der Waals surface area contributed by atoms with Crippen LogP contribution in [0.15, 0.2) is 11.0 Å². The van der Waals surface area contributed by atoms with Crippen molar-refractivity contribution in [3.63, 3.8) is 0 Å². The van der Waals surface area contributed by atoms with Crippen molar-refractivity contribution in [3.05, 3.63) is 33.4 Å². The summed E-state index contributed by atoms with van der Waals surface area (Å²) in [4.78, 5) is 26.7. The van der Waals surface area contributed by atoms with Gasteiger partial charge < -0.3 is 24.6 Å². The van der Waals surface area contributed by atoms with E-state index < -0.39 is 17.2 Å². The minimum Gasteiger partial charge on any atom is -0.492 e. The number of methoxy groups -OCH3 is 1. The van der Waals surface area contributed by atoms with Gasteiger partial charge in [-0.1, -0.05) is 0 Å². The summed E-state index contributed by atoms with van der Waals surface area (Å²) in [5.74, 6) is -1.48. The first kappa shape index (κ1) is 19.4. The molecule has 1 spiro atoms. The fourth-order valence-corrected chi connectivity index (χ4v) is 5.18. The Morgan fingerprint density at radius 2 is 2.07 bits per heavy atom. The molecule has 2 heterocycles. The topological polar surface area (TPSA) is 83.8 Å². The zero-order chi connectivity index (χ0) is 21.4. The van der Waals surface area contributed by atoms with Crippen LogP contribution in [-0.4, -0.2) is 48.9 Å². The number of carboxylic acids is 1. The van der Waals surface area contributed by atoms with Crippen LogP contribution in [-0.2, 0) is 0 Å². The summed E-state index contributed by atoms with van der Waals surface area (Å²) >= 11 is 0. The van der Waals surface area contributed by atoms with E-state index in [-0.39, 0.29) is 34.0 Å². The van der Waals surface area contributed by atoms with E-state index in [2.05, 4.69) is 5.32 Å². The Morgan fingerprint density at radius 3 is 2.57 bits per heavy atom. The number of ether oxygens (including phenoxy) is 1. The van der Waals surface area contributed by atoms with E-state index in [1.165, 1.54) is 13.3 Å². The highest BCUT2D eigenvalue weighted by Gasteiger charge is 2.55. The van der Waals surface area contributed by atoms with Gasteiger partial charge in [0.1, 0.15) is 11.3 Å². The van der Waals surface area contributed by atoms with E-state index in [1.54, 1.807) is 6.92 Å². The molecular weight excluding hydrogens is 389 g/mol. The quantitative estimate of drug-likeness (QED) is 0.781. The molecule has 2 aliphatic carbocycles. The maximum Gasteiger partial charge on any atom is 0.341 e. The minimum absolute atomic E-state index is 0.0937. The zero-order valence-corrected chi connectivity index (χ0v) is 17.4. The molecule has 7 nitrogen and oxygen atoms in total. The van der Waals surface area contributed by atoms with Crippen LogP contribution in [0.4, 0.5) is 10.1 Å². The normalized spacial score (nSPS) is 22.1. The molecule has 0 unspecified atom stereocenters. The molecule has 2 saturated carbocycles. The standard InChI is InChI=1S/C22H26FN3O4/c1-11-15-17(26(12-4-5-12)8-13(19(15)27)21(28)29)20(30-3)18(16(11)23)25-9-14(24-2)22(10-25)6-7-22/h8,12,14,24H,4-7,9-10H2,1-3H3,(H,28,29)/t14-/m0/s1. The third-order valence-corrected chi connectivity index (χ3v) is 7.16. The van der Waals surface area contributed by atoms with Crippen LogP contribution in [0.3, 0.4) is 0 Å². The van der Waals surface area contributed by atoms with Gasteiger partial charge in [-0.3, -0.25) is 4.79 Å². The molecule has 1 atom stereocenters. The lowest BCUT2D eigenvalue weighted by atomic mass is 10.0. The molecule has 3 aliphatic rings. The highest BCUT2D eigenvalue weighted by molar-refractivity contribution is 5.99. The van der Waals surface area contributed by atoms with Crippen LogP contribution in [0.1, 0.15) is 47.6 Å². The summed E-state index contributed by atoms with van der Waals surface area (Å²) in [5, 5.41) is 13.0.